The number of nitrogen functional groups attached to an aromatic ring is 1. The molecule has 1 aliphatic rings. The Morgan fingerprint density at radius 1 is 1.33 bits per heavy atom. The van der Waals surface area contributed by atoms with Gasteiger partial charge in [0.05, 0.1) is 13.6 Å². The minimum absolute atomic E-state index is 0.0601. The van der Waals surface area contributed by atoms with Crippen LogP contribution in [0.1, 0.15) is 63.7 Å². The van der Waals surface area contributed by atoms with Crippen LogP contribution in [-0.2, 0) is 0 Å². The van der Waals surface area contributed by atoms with Crippen molar-refractivity contribution in [2.24, 2.45) is 0 Å². The monoisotopic (exact) mass is 420 g/mol. The molecule has 3 N–H and O–H groups in total. The van der Waals surface area contributed by atoms with E-state index < -0.39 is 50.2 Å². The van der Waals surface area contributed by atoms with Crippen LogP contribution in [0, 0.1) is 19.5 Å². The molecule has 0 radical (unpaired) electrons. The Kier molecular flexibility index (Phi) is 3.07. The van der Waals surface area contributed by atoms with Gasteiger partial charge in [-0.25, -0.2) is 9.37 Å². The third-order valence-electron chi connectivity index (χ3n) is 4.79. The number of nitrogens with two attached hydrogens (primary N) is 1. The lowest BCUT2D eigenvalue weighted by molar-refractivity contribution is 0.225. The van der Waals surface area contributed by atoms with Crippen LogP contribution >= 0.6 is 0 Å². The van der Waals surface area contributed by atoms with Crippen molar-refractivity contribution < 1.29 is 24.2 Å². The topological polar surface area (TPSA) is 78.0 Å². The van der Waals surface area contributed by atoms with Gasteiger partial charge in [-0.3, -0.25) is 4.68 Å². The lowest BCUT2D eigenvalue weighted by Crippen LogP contribution is -2.29. The maximum absolute atomic E-state index is 14.7. The van der Waals surface area contributed by atoms with Gasteiger partial charge in [0.1, 0.15) is 11.9 Å². The van der Waals surface area contributed by atoms with E-state index in [1.54, 1.807) is 0 Å². The first kappa shape index (κ1) is 10.9. The van der Waals surface area contributed by atoms with Crippen LogP contribution < -0.4 is 15.8 Å². The van der Waals surface area contributed by atoms with Gasteiger partial charge in [0.25, 0.3) is 0 Å². The molecule has 30 heavy (non-hydrogen) atoms. The Hall–Kier alpha value is -2.93. The summed E-state index contributed by atoms with van der Waals surface area (Å²) in [5.41, 5.74) is 5.27. The summed E-state index contributed by atoms with van der Waals surface area (Å²) in [6.45, 7) is -8.70. The number of aryl methyl sites for hydroxylation is 1. The van der Waals surface area contributed by atoms with Crippen molar-refractivity contribution in [2.75, 3.05) is 18.7 Å². The second kappa shape index (κ2) is 8.44. The number of aromatic nitrogens is 3. The Balaban J connectivity index is 1.71. The lowest BCUT2D eigenvalue weighted by atomic mass is 9.98. The number of hydrogen-bond acceptors (Lipinski definition) is 5. The third-order valence-corrected chi connectivity index (χ3v) is 4.79. The molecule has 1 aliphatic heterocycles. The van der Waals surface area contributed by atoms with Gasteiger partial charge >= 0.3 is 0 Å². The number of rotatable bonds is 5. The molecule has 0 amide bonds. The molecule has 7 heteroatoms. The van der Waals surface area contributed by atoms with Crippen molar-refractivity contribution >= 4 is 5.82 Å². The lowest BCUT2D eigenvalue weighted by Gasteiger charge is -2.22. The average molecular weight is 421 g/mol. The van der Waals surface area contributed by atoms with Crippen LogP contribution in [0.3, 0.4) is 0 Å². The first-order valence-electron chi connectivity index (χ1n) is 14.7. The SMILES string of the molecule is [2H]C1([2H])CC([2H])(n2cc(-c3cnc(N)c(O[C@H](C)c4c(C([2H])([2H])[2H])ccc(F)c4C([2H])([2H])[2H])c3)cn2)CC([2H])([2H])N1. The predicted molar refractivity (Wildman–Crippen MR) is 116 cm³/mol. The number of benzene rings is 1. The van der Waals surface area contributed by atoms with Crippen molar-refractivity contribution in [1.82, 2.24) is 20.1 Å². The molecule has 0 bridgehead atoms. The Morgan fingerprint density at radius 2 is 2.17 bits per heavy atom. The van der Waals surface area contributed by atoms with Crippen LogP contribution in [0.5, 0.6) is 5.75 Å². The number of hydrogen-bond donors (Lipinski definition) is 2. The smallest absolute Gasteiger partial charge is 0.166 e. The van der Waals surface area contributed by atoms with Crippen LogP contribution in [0.15, 0.2) is 36.8 Å². The maximum Gasteiger partial charge on any atom is 0.166 e. The normalized spacial score (nSPS) is 26.5. The van der Waals surface area contributed by atoms with E-state index in [1.165, 1.54) is 31.6 Å². The van der Waals surface area contributed by atoms with Crippen LogP contribution in [-0.4, -0.2) is 27.8 Å². The Labute approximate surface area is 191 Å². The van der Waals surface area contributed by atoms with Crippen molar-refractivity contribution in [3.63, 3.8) is 0 Å². The van der Waals surface area contributed by atoms with E-state index in [9.17, 15) is 4.39 Å². The molecule has 0 unspecified atom stereocenters. The van der Waals surface area contributed by atoms with E-state index in [1.807, 2.05) is 0 Å². The van der Waals surface area contributed by atoms with Crippen molar-refractivity contribution in [3.8, 4) is 16.9 Å². The van der Waals surface area contributed by atoms with E-state index in [0.717, 1.165) is 16.8 Å². The van der Waals surface area contributed by atoms with Crippen LogP contribution in [0.4, 0.5) is 10.2 Å². The van der Waals surface area contributed by atoms with E-state index in [-0.39, 0.29) is 35.5 Å². The van der Waals surface area contributed by atoms with E-state index in [4.69, 9.17) is 25.5 Å². The quantitative estimate of drug-likeness (QED) is 0.642. The zero-order chi connectivity index (χ0) is 30.8. The molecule has 2 aromatic heterocycles. The molecule has 1 aromatic carbocycles. The van der Waals surface area contributed by atoms with Crippen molar-refractivity contribution in [3.05, 3.63) is 59.3 Å². The first-order valence-corrected chi connectivity index (χ1v) is 9.22. The highest BCUT2D eigenvalue weighted by Crippen LogP contribution is 2.33. The molecule has 0 aliphatic carbocycles. The fourth-order valence-electron chi connectivity index (χ4n) is 3.20. The van der Waals surface area contributed by atoms with Gasteiger partial charge in [-0.05, 0) is 69.7 Å². The molecule has 1 saturated heterocycles. The standard InChI is InChI=1S/C23H28FN5O/c1-14-4-5-20(24)15(2)22(14)16(3)30-21-10-17(11-27-23(21)25)18-12-28-29(13-18)19-6-8-26-9-7-19/h4-5,10-13,16,19,26H,6-9H2,1-3H3,(H2,25,27)/t16-/m1/s1/i1D3,2D3,8D2,9D2,19D. The zero-order valence-electron chi connectivity index (χ0n) is 27.2. The Morgan fingerprint density at radius 3 is 2.93 bits per heavy atom. The van der Waals surface area contributed by atoms with E-state index in [2.05, 4.69) is 15.4 Å². The molecular formula is C23H28FN5O. The van der Waals surface area contributed by atoms with Crippen LogP contribution in [0.25, 0.3) is 11.1 Å². The minimum atomic E-state index is -2.98. The number of ether oxygens (including phenoxy) is 1. The Bertz CT molecular complexity index is 1440. The molecule has 0 spiro atoms. The molecular weight excluding hydrogens is 381 g/mol. The van der Waals surface area contributed by atoms with Crippen molar-refractivity contribution in [2.45, 2.75) is 45.6 Å². The summed E-state index contributed by atoms with van der Waals surface area (Å²) >= 11 is 0. The van der Waals surface area contributed by atoms with Gasteiger partial charge in [-0.1, -0.05) is 6.07 Å². The zero-order valence-corrected chi connectivity index (χ0v) is 16.2. The number of anilines is 1. The van der Waals surface area contributed by atoms with E-state index in [0.29, 0.717) is 11.1 Å². The van der Waals surface area contributed by atoms with E-state index >= 15 is 0 Å². The van der Waals surface area contributed by atoms with Gasteiger partial charge in [0.2, 0.25) is 0 Å². The van der Waals surface area contributed by atoms with Gasteiger partial charge in [-0.2, -0.15) is 5.10 Å². The number of halogens is 1. The highest BCUT2D eigenvalue weighted by Gasteiger charge is 2.19. The summed E-state index contributed by atoms with van der Waals surface area (Å²) in [5.74, 6) is -1.28. The molecule has 6 nitrogen and oxygen atoms in total. The highest BCUT2D eigenvalue weighted by molar-refractivity contribution is 5.66. The second-order valence-electron chi connectivity index (χ2n) is 6.82. The first-order chi connectivity index (χ1) is 18.6. The molecule has 0 saturated carbocycles. The summed E-state index contributed by atoms with van der Waals surface area (Å²) in [7, 11) is 0. The number of piperidine rings is 1. The second-order valence-corrected chi connectivity index (χ2v) is 6.82. The summed E-state index contributed by atoms with van der Waals surface area (Å²) in [5, 5.41) is 6.41. The fraction of sp³-hybridized carbons (Fsp3) is 0.391. The van der Waals surface area contributed by atoms with Crippen molar-refractivity contribution in [1.29, 1.82) is 0 Å². The number of nitrogens with one attached hydrogen (secondary N) is 1. The van der Waals surface area contributed by atoms with Crippen LogP contribution in [0.2, 0.25) is 0 Å². The summed E-state index contributed by atoms with van der Waals surface area (Å²) in [6, 6.07) is 1.48. The molecule has 1 atom stereocenters. The average Bonchev–Trinajstić information content (AvgIpc) is 3.27. The molecule has 4 rings (SSSR count). The van der Waals surface area contributed by atoms with Gasteiger partial charge in [0, 0.05) is 42.8 Å². The molecule has 1 fully saturated rings. The third kappa shape index (κ3) is 4.03. The summed E-state index contributed by atoms with van der Waals surface area (Å²) in [6.07, 6.45) is 2.13. The molecule has 3 aromatic rings. The summed E-state index contributed by atoms with van der Waals surface area (Å²) in [4.78, 5) is 4.09. The molecule has 158 valence electrons. The summed E-state index contributed by atoms with van der Waals surface area (Å²) < 4.78 is 110. The largest absolute Gasteiger partial charge is 0.482 e. The number of nitrogens with zero attached hydrogens (tertiary/aromatic N) is 3. The minimum Gasteiger partial charge on any atom is -0.482 e. The highest BCUT2D eigenvalue weighted by atomic mass is 19.1. The van der Waals surface area contributed by atoms with Gasteiger partial charge in [0.15, 0.2) is 11.6 Å². The number of pyridine rings is 1. The maximum atomic E-state index is 14.7. The fourth-order valence-corrected chi connectivity index (χ4v) is 3.20. The van der Waals surface area contributed by atoms with Gasteiger partial charge < -0.3 is 15.8 Å². The molecule has 3 heterocycles. The van der Waals surface area contributed by atoms with Gasteiger partial charge in [-0.15, -0.1) is 0 Å². The predicted octanol–water partition coefficient (Wildman–Crippen LogP) is 4.35.